The number of fused-ring (bicyclic) bond motifs is 3. The standard InChI is InChI=1S/C13H8N2O2/c16-13(17)9-7-15-10-5-1-3-8-4-2-6-14-12(8)11(9)10/h1-7H,(H,16,17). The zero-order valence-electron chi connectivity index (χ0n) is 8.79. The minimum atomic E-state index is -0.981. The van der Waals surface area contributed by atoms with E-state index in [2.05, 4.69) is 9.97 Å². The lowest BCUT2D eigenvalue weighted by Crippen LogP contribution is -1.95. The van der Waals surface area contributed by atoms with Gasteiger partial charge in [-0.2, -0.15) is 0 Å². The lowest BCUT2D eigenvalue weighted by atomic mass is 10.1. The van der Waals surface area contributed by atoms with E-state index in [-0.39, 0.29) is 5.56 Å². The van der Waals surface area contributed by atoms with Crippen LogP contribution in [0.1, 0.15) is 10.4 Å². The lowest BCUT2D eigenvalue weighted by molar-refractivity contribution is 0.0698. The molecule has 0 saturated carbocycles. The van der Waals surface area contributed by atoms with Crippen molar-refractivity contribution in [2.45, 2.75) is 0 Å². The first-order valence-electron chi connectivity index (χ1n) is 5.13. The van der Waals surface area contributed by atoms with E-state index < -0.39 is 5.97 Å². The molecule has 17 heavy (non-hydrogen) atoms. The summed E-state index contributed by atoms with van der Waals surface area (Å²) in [7, 11) is 0. The third-order valence-electron chi connectivity index (χ3n) is 2.69. The first-order valence-corrected chi connectivity index (χ1v) is 5.13. The number of rotatable bonds is 1. The fraction of sp³-hybridized carbons (Fsp3) is 0. The Kier molecular flexibility index (Phi) is 2.01. The van der Waals surface area contributed by atoms with Gasteiger partial charge in [-0.1, -0.05) is 18.2 Å². The summed E-state index contributed by atoms with van der Waals surface area (Å²) in [6.45, 7) is 0. The maximum Gasteiger partial charge on any atom is 0.338 e. The average molecular weight is 224 g/mol. The molecule has 1 aliphatic carbocycles. The fourth-order valence-corrected chi connectivity index (χ4v) is 1.94. The monoisotopic (exact) mass is 224 g/mol. The van der Waals surface area contributed by atoms with E-state index in [9.17, 15) is 4.79 Å². The number of pyridine rings is 1. The Hall–Kier alpha value is -2.49. The molecule has 4 nitrogen and oxygen atoms in total. The highest BCUT2D eigenvalue weighted by Crippen LogP contribution is 2.30. The number of hydrogen-bond donors (Lipinski definition) is 1. The summed E-state index contributed by atoms with van der Waals surface area (Å²) in [4.78, 5) is 19.5. The zero-order chi connectivity index (χ0) is 11.8. The molecule has 1 aromatic heterocycles. The second kappa shape index (κ2) is 3.52. The van der Waals surface area contributed by atoms with E-state index in [1.165, 1.54) is 6.20 Å². The van der Waals surface area contributed by atoms with Gasteiger partial charge in [-0.05, 0) is 12.1 Å². The second-order valence-electron chi connectivity index (χ2n) is 3.70. The minimum Gasteiger partial charge on any atom is -0.478 e. The minimum absolute atomic E-state index is 0.194. The van der Waals surface area contributed by atoms with Gasteiger partial charge in [0.05, 0.1) is 16.8 Å². The van der Waals surface area contributed by atoms with E-state index in [0.717, 1.165) is 5.39 Å². The molecule has 0 unspecified atom stereocenters. The number of nitrogens with zero attached hydrogens (tertiary/aromatic N) is 2. The van der Waals surface area contributed by atoms with Crippen LogP contribution in [0.3, 0.4) is 0 Å². The Morgan fingerprint density at radius 3 is 2.76 bits per heavy atom. The summed E-state index contributed by atoms with van der Waals surface area (Å²) in [5, 5.41) is 10.0. The number of hydrogen-bond acceptors (Lipinski definition) is 3. The van der Waals surface area contributed by atoms with Crippen LogP contribution in [0, 0.1) is 0 Å². The Morgan fingerprint density at radius 1 is 1.12 bits per heavy atom. The van der Waals surface area contributed by atoms with Crippen LogP contribution < -0.4 is 0 Å². The second-order valence-corrected chi connectivity index (χ2v) is 3.70. The molecule has 82 valence electrons. The van der Waals surface area contributed by atoms with Crippen molar-refractivity contribution in [1.82, 2.24) is 9.97 Å². The molecule has 0 saturated heterocycles. The Bertz CT molecular complexity index is 694. The molecule has 4 heteroatoms. The first-order chi connectivity index (χ1) is 8.27. The average Bonchev–Trinajstić information content (AvgIpc) is 2.66. The van der Waals surface area contributed by atoms with Crippen LogP contribution in [0.2, 0.25) is 0 Å². The maximum atomic E-state index is 11.2. The molecule has 2 aliphatic rings. The summed E-state index contributed by atoms with van der Waals surface area (Å²) in [5.41, 5.74) is 2.11. The largest absolute Gasteiger partial charge is 0.478 e. The van der Waals surface area contributed by atoms with Crippen molar-refractivity contribution in [3.8, 4) is 11.3 Å². The molecular formula is C13H8N2O2. The van der Waals surface area contributed by atoms with Crippen LogP contribution >= 0.6 is 0 Å². The first kappa shape index (κ1) is 9.72. The summed E-state index contributed by atoms with van der Waals surface area (Å²) < 4.78 is 0. The maximum absolute atomic E-state index is 11.2. The van der Waals surface area contributed by atoms with Crippen molar-refractivity contribution < 1.29 is 9.90 Å². The normalized spacial score (nSPS) is 10.8. The molecule has 0 radical (unpaired) electrons. The molecule has 0 fully saturated rings. The third-order valence-corrected chi connectivity index (χ3v) is 2.69. The number of carboxylic acids is 1. The van der Waals surface area contributed by atoms with Crippen LogP contribution in [0.15, 0.2) is 42.7 Å². The van der Waals surface area contributed by atoms with Gasteiger partial charge < -0.3 is 5.11 Å². The van der Waals surface area contributed by atoms with Gasteiger partial charge in [0, 0.05) is 23.3 Å². The topological polar surface area (TPSA) is 63.1 Å². The van der Waals surface area contributed by atoms with Crippen LogP contribution in [0.4, 0.5) is 0 Å². The molecule has 3 rings (SSSR count). The number of aromatic carboxylic acids is 1. The molecule has 0 amide bonds. The number of aromatic nitrogens is 2. The van der Waals surface area contributed by atoms with Crippen molar-refractivity contribution >= 4 is 16.9 Å². The van der Waals surface area contributed by atoms with Crippen molar-refractivity contribution in [2.75, 3.05) is 0 Å². The molecule has 1 N–H and O–H groups in total. The molecule has 0 spiro atoms. The highest BCUT2D eigenvalue weighted by molar-refractivity contribution is 6.04. The third kappa shape index (κ3) is 1.42. The highest BCUT2D eigenvalue weighted by Gasteiger charge is 2.18. The number of carbonyl (C=O) groups is 1. The van der Waals surface area contributed by atoms with Crippen molar-refractivity contribution in [1.29, 1.82) is 0 Å². The summed E-state index contributed by atoms with van der Waals surface area (Å²) >= 11 is 0. The van der Waals surface area contributed by atoms with Gasteiger partial charge in [0.15, 0.2) is 0 Å². The van der Waals surface area contributed by atoms with E-state index in [1.54, 1.807) is 12.3 Å². The molecule has 0 bridgehead atoms. The molecular weight excluding hydrogens is 216 g/mol. The predicted molar refractivity (Wildman–Crippen MR) is 63.1 cm³/mol. The van der Waals surface area contributed by atoms with Gasteiger partial charge in [-0.15, -0.1) is 0 Å². The van der Waals surface area contributed by atoms with E-state index in [1.807, 2.05) is 24.3 Å². The smallest absolute Gasteiger partial charge is 0.338 e. The fourth-order valence-electron chi connectivity index (χ4n) is 1.94. The van der Waals surface area contributed by atoms with Gasteiger partial charge in [-0.25, -0.2) is 4.79 Å². The van der Waals surface area contributed by atoms with Crippen LogP contribution in [0.25, 0.3) is 22.2 Å². The van der Waals surface area contributed by atoms with Crippen LogP contribution in [0.5, 0.6) is 0 Å². The quantitative estimate of drug-likeness (QED) is 0.689. The Balaban J connectivity index is 2.52. The Morgan fingerprint density at radius 2 is 1.94 bits per heavy atom. The summed E-state index contributed by atoms with van der Waals surface area (Å²) in [6, 6.07) is 9.27. The van der Waals surface area contributed by atoms with Crippen LogP contribution in [-0.4, -0.2) is 21.0 Å². The van der Waals surface area contributed by atoms with Crippen molar-refractivity contribution in [3.63, 3.8) is 0 Å². The molecule has 0 atom stereocenters. The number of carboxylic acid groups (broad SMARTS) is 1. The SMILES string of the molecule is O=C(O)c1cnc2cccc3cccnc3c1-2. The van der Waals surface area contributed by atoms with Crippen LogP contribution in [-0.2, 0) is 0 Å². The van der Waals surface area contributed by atoms with E-state index >= 15 is 0 Å². The molecule has 1 aliphatic heterocycles. The Labute approximate surface area is 96.9 Å². The molecule has 0 aromatic carbocycles. The lowest BCUT2D eigenvalue weighted by Gasteiger charge is -1.98. The molecule has 1 aromatic rings. The highest BCUT2D eigenvalue weighted by atomic mass is 16.4. The van der Waals surface area contributed by atoms with Gasteiger partial charge in [0.25, 0.3) is 0 Å². The van der Waals surface area contributed by atoms with Gasteiger partial charge in [0.2, 0.25) is 0 Å². The predicted octanol–water partition coefficient (Wildman–Crippen LogP) is 2.43. The van der Waals surface area contributed by atoms with E-state index in [0.29, 0.717) is 16.8 Å². The van der Waals surface area contributed by atoms with Gasteiger partial charge >= 0.3 is 5.97 Å². The summed E-state index contributed by atoms with van der Waals surface area (Å²) in [5.74, 6) is -0.981. The van der Waals surface area contributed by atoms with Gasteiger partial charge in [-0.3, -0.25) is 9.97 Å². The van der Waals surface area contributed by atoms with Gasteiger partial charge in [0.1, 0.15) is 0 Å². The molecule has 2 heterocycles. The zero-order valence-corrected chi connectivity index (χ0v) is 8.79. The van der Waals surface area contributed by atoms with Crippen molar-refractivity contribution in [3.05, 3.63) is 48.3 Å². The summed E-state index contributed by atoms with van der Waals surface area (Å²) in [6.07, 6.45) is 3.03. The van der Waals surface area contributed by atoms with E-state index in [4.69, 9.17) is 5.11 Å². The van der Waals surface area contributed by atoms with Crippen molar-refractivity contribution in [2.24, 2.45) is 0 Å².